The lowest BCUT2D eigenvalue weighted by Crippen LogP contribution is -2.27. The Balaban J connectivity index is 1.75. The van der Waals surface area contributed by atoms with Gasteiger partial charge in [-0.3, -0.25) is 4.57 Å². The summed E-state index contributed by atoms with van der Waals surface area (Å²) >= 11 is 1.64. The molecule has 2 aliphatic rings. The molecular weight excluding hydrogens is 284 g/mol. The van der Waals surface area contributed by atoms with Crippen molar-refractivity contribution in [1.29, 1.82) is 5.26 Å². The molecule has 2 fully saturated rings. The van der Waals surface area contributed by atoms with Gasteiger partial charge in [0.2, 0.25) is 0 Å². The summed E-state index contributed by atoms with van der Waals surface area (Å²) in [4.78, 5) is 11.8. The third-order valence-electron chi connectivity index (χ3n) is 4.60. The first-order valence-electron chi connectivity index (χ1n) is 7.96. The molecule has 1 aromatic heterocycles. The molecule has 6 heteroatoms. The molecule has 114 valence electrons. The summed E-state index contributed by atoms with van der Waals surface area (Å²) in [5.41, 5.74) is -0.102. The van der Waals surface area contributed by atoms with Crippen molar-refractivity contribution >= 4 is 11.8 Å². The van der Waals surface area contributed by atoms with E-state index in [-0.39, 0.29) is 16.9 Å². The number of nitrogens with one attached hydrogen (secondary N) is 1. The third kappa shape index (κ3) is 3.18. The normalized spacial score (nSPS) is 29.2. The molecule has 1 heterocycles. The molecule has 0 spiro atoms. The van der Waals surface area contributed by atoms with Gasteiger partial charge in [0.05, 0.1) is 12.0 Å². The van der Waals surface area contributed by atoms with E-state index in [1.54, 1.807) is 16.3 Å². The van der Waals surface area contributed by atoms with E-state index >= 15 is 0 Å². The molecule has 3 unspecified atom stereocenters. The number of H-pyrrole nitrogens is 1. The molecule has 0 amide bonds. The number of aromatic nitrogens is 3. The van der Waals surface area contributed by atoms with Crippen LogP contribution in [0.15, 0.2) is 9.95 Å². The fraction of sp³-hybridized carbons (Fsp3) is 0.800. The maximum atomic E-state index is 11.8. The predicted molar refractivity (Wildman–Crippen MR) is 82.1 cm³/mol. The Hall–Kier alpha value is -1.22. The van der Waals surface area contributed by atoms with Crippen LogP contribution in [0.3, 0.4) is 0 Å². The van der Waals surface area contributed by atoms with E-state index in [0.29, 0.717) is 6.04 Å². The first kappa shape index (κ1) is 14.7. The minimum Gasteiger partial charge on any atom is -0.267 e. The van der Waals surface area contributed by atoms with Crippen LogP contribution in [-0.2, 0) is 0 Å². The molecule has 3 atom stereocenters. The molecule has 1 N–H and O–H groups in total. The van der Waals surface area contributed by atoms with E-state index in [1.807, 2.05) is 0 Å². The van der Waals surface area contributed by atoms with Gasteiger partial charge < -0.3 is 0 Å². The summed E-state index contributed by atoms with van der Waals surface area (Å²) in [7, 11) is 0. The van der Waals surface area contributed by atoms with E-state index in [4.69, 9.17) is 0 Å². The quantitative estimate of drug-likeness (QED) is 0.907. The van der Waals surface area contributed by atoms with Crippen LogP contribution in [0.2, 0.25) is 0 Å². The van der Waals surface area contributed by atoms with Crippen LogP contribution in [0.25, 0.3) is 0 Å². The molecule has 1 aromatic rings. The van der Waals surface area contributed by atoms with Gasteiger partial charge in [-0.2, -0.15) is 5.26 Å². The highest BCUT2D eigenvalue weighted by Gasteiger charge is 2.34. The van der Waals surface area contributed by atoms with Gasteiger partial charge in [0, 0.05) is 11.3 Å². The fourth-order valence-corrected chi connectivity index (χ4v) is 4.77. The van der Waals surface area contributed by atoms with Crippen molar-refractivity contribution in [1.82, 2.24) is 14.8 Å². The van der Waals surface area contributed by atoms with Gasteiger partial charge in [0.15, 0.2) is 5.16 Å². The second-order valence-corrected chi connectivity index (χ2v) is 7.48. The second-order valence-electron chi connectivity index (χ2n) is 6.27. The average molecular weight is 306 g/mol. The largest absolute Gasteiger partial charge is 0.344 e. The Bertz CT molecular complexity index is 583. The molecule has 21 heavy (non-hydrogen) atoms. The Morgan fingerprint density at radius 1 is 1.43 bits per heavy atom. The number of hydrogen-bond acceptors (Lipinski definition) is 4. The first-order valence-corrected chi connectivity index (χ1v) is 8.84. The van der Waals surface area contributed by atoms with Crippen LogP contribution in [0, 0.1) is 23.2 Å². The molecule has 0 aromatic carbocycles. The van der Waals surface area contributed by atoms with Crippen molar-refractivity contribution in [2.45, 2.75) is 68.3 Å². The summed E-state index contributed by atoms with van der Waals surface area (Å²) in [5, 5.41) is 17.2. The van der Waals surface area contributed by atoms with Crippen molar-refractivity contribution in [3.8, 4) is 6.07 Å². The molecule has 0 bridgehead atoms. The summed E-state index contributed by atoms with van der Waals surface area (Å²) < 4.78 is 1.79. The van der Waals surface area contributed by atoms with Crippen LogP contribution in [0.5, 0.6) is 0 Å². The summed E-state index contributed by atoms with van der Waals surface area (Å²) in [6.07, 6.45) is 7.80. The van der Waals surface area contributed by atoms with Gasteiger partial charge >= 0.3 is 5.69 Å². The Morgan fingerprint density at radius 3 is 2.90 bits per heavy atom. The van der Waals surface area contributed by atoms with E-state index in [9.17, 15) is 10.1 Å². The highest BCUT2D eigenvalue weighted by atomic mass is 32.2. The number of nitriles is 1. The molecule has 0 saturated heterocycles. The zero-order valence-corrected chi connectivity index (χ0v) is 13.2. The van der Waals surface area contributed by atoms with Crippen molar-refractivity contribution < 1.29 is 0 Å². The van der Waals surface area contributed by atoms with Crippen LogP contribution in [-0.4, -0.2) is 20.0 Å². The van der Waals surface area contributed by atoms with Crippen LogP contribution < -0.4 is 5.69 Å². The van der Waals surface area contributed by atoms with Gasteiger partial charge in [-0.25, -0.2) is 9.89 Å². The first-order chi connectivity index (χ1) is 10.2. The lowest BCUT2D eigenvalue weighted by atomic mass is 9.80. The zero-order valence-electron chi connectivity index (χ0n) is 12.4. The number of thioether (sulfide) groups is 1. The topological polar surface area (TPSA) is 74.5 Å². The predicted octanol–water partition coefficient (Wildman–Crippen LogP) is 3.11. The Kier molecular flexibility index (Phi) is 4.39. The summed E-state index contributed by atoms with van der Waals surface area (Å²) in [5.74, 6) is 0.805. The van der Waals surface area contributed by atoms with Crippen molar-refractivity contribution in [2.75, 3.05) is 0 Å². The highest BCUT2D eigenvalue weighted by molar-refractivity contribution is 7.99. The average Bonchev–Trinajstić information content (AvgIpc) is 3.25. The van der Waals surface area contributed by atoms with E-state index in [2.05, 4.69) is 23.2 Å². The number of nitrogens with zero attached hydrogens (tertiary/aromatic N) is 3. The zero-order chi connectivity index (χ0) is 14.8. The maximum Gasteiger partial charge on any atom is 0.344 e. The fourth-order valence-electron chi connectivity index (χ4n) is 3.32. The number of hydrogen-bond donors (Lipinski definition) is 1. The van der Waals surface area contributed by atoms with Crippen molar-refractivity contribution in [2.24, 2.45) is 11.8 Å². The van der Waals surface area contributed by atoms with Crippen LogP contribution in [0.1, 0.15) is 57.9 Å². The van der Waals surface area contributed by atoms with Crippen molar-refractivity contribution in [3.05, 3.63) is 10.5 Å². The number of aromatic amines is 1. The molecule has 3 rings (SSSR count). The molecule has 0 aliphatic heterocycles. The van der Waals surface area contributed by atoms with E-state index in [0.717, 1.165) is 36.8 Å². The van der Waals surface area contributed by atoms with Gasteiger partial charge in [-0.15, -0.1) is 5.10 Å². The second kappa shape index (κ2) is 6.27. The molecule has 2 saturated carbocycles. The van der Waals surface area contributed by atoms with Gasteiger partial charge in [-0.05, 0) is 38.0 Å². The summed E-state index contributed by atoms with van der Waals surface area (Å²) in [6, 6.07) is 2.79. The highest BCUT2D eigenvalue weighted by Crippen LogP contribution is 2.42. The lowest BCUT2D eigenvalue weighted by molar-refractivity contribution is 0.306. The van der Waals surface area contributed by atoms with E-state index in [1.165, 1.54) is 19.3 Å². The van der Waals surface area contributed by atoms with Gasteiger partial charge in [0.1, 0.15) is 0 Å². The molecule has 0 radical (unpaired) electrons. The lowest BCUT2D eigenvalue weighted by Gasteiger charge is -2.31. The SMILES string of the molecule is CCCC1CCC(C#N)C(Sc2n[nH]c(=O)n2C2CC2)C1. The molecule has 2 aliphatic carbocycles. The van der Waals surface area contributed by atoms with Crippen molar-refractivity contribution in [3.63, 3.8) is 0 Å². The standard InChI is InChI=1S/C15H22N4OS/c1-2-3-10-4-5-11(9-16)13(8-10)21-15-18-17-14(20)19(15)12-6-7-12/h10-13H,2-8H2,1H3,(H,17,20). The Morgan fingerprint density at radius 2 is 2.24 bits per heavy atom. The minimum atomic E-state index is -0.102. The van der Waals surface area contributed by atoms with Gasteiger partial charge in [0.25, 0.3) is 0 Å². The molecule has 5 nitrogen and oxygen atoms in total. The van der Waals surface area contributed by atoms with Crippen LogP contribution in [0.4, 0.5) is 0 Å². The third-order valence-corrected chi connectivity index (χ3v) is 5.93. The number of rotatable bonds is 5. The molecular formula is C15H22N4OS. The van der Waals surface area contributed by atoms with E-state index < -0.39 is 0 Å². The van der Waals surface area contributed by atoms with Gasteiger partial charge in [-0.1, -0.05) is 31.5 Å². The smallest absolute Gasteiger partial charge is 0.267 e. The monoisotopic (exact) mass is 306 g/mol. The Labute approximate surface area is 129 Å². The van der Waals surface area contributed by atoms with Crippen LogP contribution >= 0.6 is 11.8 Å². The summed E-state index contributed by atoms with van der Waals surface area (Å²) in [6.45, 7) is 2.22. The minimum absolute atomic E-state index is 0.0857. The maximum absolute atomic E-state index is 11.8.